The number of alkyl halides is 3. The Morgan fingerprint density at radius 2 is 1.06 bits per heavy atom. The molecule has 0 unspecified atom stereocenters. The molecule has 0 radical (unpaired) electrons. The largest absolute Gasteiger partial charge is 0.419 e. The van der Waals surface area contributed by atoms with E-state index in [0.717, 1.165) is 43.0 Å². The van der Waals surface area contributed by atoms with Crippen molar-refractivity contribution in [2.24, 2.45) is 0 Å². The molecule has 6 nitrogen and oxygen atoms in total. The van der Waals surface area contributed by atoms with Crippen LogP contribution in [0.25, 0.3) is 0 Å². The predicted molar refractivity (Wildman–Crippen MR) is 129 cm³/mol. The van der Waals surface area contributed by atoms with Crippen LogP contribution in [-0.4, -0.2) is 29.9 Å². The molecule has 186 valence electrons. The minimum Gasteiger partial charge on any atom is -0.245 e. The third-order valence-electron chi connectivity index (χ3n) is 2.95. The second-order valence-electron chi connectivity index (χ2n) is 5.43. The lowest BCUT2D eigenvalue weighted by molar-refractivity contribution is -0.138. The molecule has 0 spiro atoms. The number of halogens is 3. The molecule has 9 heteroatoms. The van der Waals surface area contributed by atoms with Crippen LogP contribution in [0.2, 0.25) is 0 Å². The van der Waals surface area contributed by atoms with Gasteiger partial charge in [-0.15, -0.1) is 0 Å². The van der Waals surface area contributed by atoms with E-state index in [1.165, 1.54) is 11.9 Å². The van der Waals surface area contributed by atoms with Crippen molar-refractivity contribution in [3.63, 3.8) is 0 Å². The molecule has 33 heavy (non-hydrogen) atoms. The zero-order valence-corrected chi connectivity index (χ0v) is 21.4. The van der Waals surface area contributed by atoms with Crippen LogP contribution in [0.1, 0.15) is 77.4 Å². The first-order valence-corrected chi connectivity index (χ1v) is 11.1. The Morgan fingerprint density at radius 1 is 0.667 bits per heavy atom. The summed E-state index contributed by atoms with van der Waals surface area (Å²) in [7, 11) is 0. The van der Waals surface area contributed by atoms with Gasteiger partial charge in [0.05, 0.1) is 5.56 Å². The van der Waals surface area contributed by atoms with Crippen molar-refractivity contribution < 1.29 is 13.2 Å². The Balaban J connectivity index is -0.000000371. The average molecular weight is 469 g/mol. The van der Waals surface area contributed by atoms with Crippen molar-refractivity contribution in [1.82, 2.24) is 29.9 Å². The fourth-order valence-corrected chi connectivity index (χ4v) is 1.66. The van der Waals surface area contributed by atoms with Crippen LogP contribution >= 0.6 is 0 Å². The number of aromatic nitrogens is 6. The number of hydrogen-bond donors (Lipinski definition) is 0. The standard InChI is InChI=1S/C8H12N2.C5H3F3N2.C5H6N2.3C2H6/c1-3-4-8-5-9-7(2)10-6-8;6-5(7,8)4-1-9-3-10-2-4;1-5-2-6-4-7-3-5;3*1-2/h5-6H,3-4H2,1-2H3;1-3H;2-4H,1H3;3*1-2H3. The lowest BCUT2D eigenvalue weighted by Gasteiger charge is -2.02. The van der Waals surface area contributed by atoms with Crippen LogP contribution in [0.4, 0.5) is 13.2 Å². The maximum Gasteiger partial charge on any atom is 0.419 e. The summed E-state index contributed by atoms with van der Waals surface area (Å²) < 4.78 is 35.1. The van der Waals surface area contributed by atoms with E-state index in [2.05, 4.69) is 36.8 Å². The van der Waals surface area contributed by atoms with Crippen molar-refractivity contribution in [2.75, 3.05) is 0 Å². The van der Waals surface area contributed by atoms with Crippen LogP contribution in [-0.2, 0) is 12.6 Å². The van der Waals surface area contributed by atoms with E-state index >= 15 is 0 Å². The molecule has 0 fully saturated rings. The maximum atomic E-state index is 11.7. The first-order valence-electron chi connectivity index (χ1n) is 11.1. The van der Waals surface area contributed by atoms with Crippen LogP contribution < -0.4 is 0 Å². The molecule has 0 amide bonds. The lowest BCUT2D eigenvalue weighted by atomic mass is 10.2. The quantitative estimate of drug-likeness (QED) is 0.399. The highest BCUT2D eigenvalue weighted by Crippen LogP contribution is 2.27. The van der Waals surface area contributed by atoms with Gasteiger partial charge < -0.3 is 0 Å². The van der Waals surface area contributed by atoms with Crippen LogP contribution in [0.5, 0.6) is 0 Å². The highest BCUT2D eigenvalue weighted by Gasteiger charge is 2.30. The fraction of sp³-hybridized carbons (Fsp3) is 0.500. The van der Waals surface area contributed by atoms with E-state index in [-0.39, 0.29) is 0 Å². The second kappa shape index (κ2) is 23.7. The zero-order valence-electron chi connectivity index (χ0n) is 21.4. The number of nitrogens with zero attached hydrogens (tertiary/aromatic N) is 6. The van der Waals surface area contributed by atoms with Gasteiger partial charge in [0.2, 0.25) is 0 Å². The Bertz CT molecular complexity index is 753. The topological polar surface area (TPSA) is 77.3 Å². The lowest BCUT2D eigenvalue weighted by Crippen LogP contribution is -2.05. The summed E-state index contributed by atoms with van der Waals surface area (Å²) in [6.07, 6.45) is 9.27. The SMILES string of the molecule is CC.CC.CC.CCCc1cnc(C)nc1.Cc1cncnc1.FC(F)(F)c1cncnc1. The summed E-state index contributed by atoms with van der Waals surface area (Å²) in [5, 5.41) is 0. The first kappa shape index (κ1) is 34.6. The first-order chi connectivity index (χ1) is 15.8. The minimum absolute atomic E-state index is 0.729. The highest BCUT2D eigenvalue weighted by atomic mass is 19.4. The summed E-state index contributed by atoms with van der Waals surface area (Å²) in [5.41, 5.74) is 1.51. The molecule has 3 aromatic rings. The third-order valence-corrected chi connectivity index (χ3v) is 2.95. The smallest absolute Gasteiger partial charge is 0.245 e. The van der Waals surface area contributed by atoms with Gasteiger partial charge in [0, 0.05) is 37.2 Å². The Hall–Kier alpha value is -2.97. The molecular weight excluding hydrogens is 429 g/mol. The highest BCUT2D eigenvalue weighted by molar-refractivity contribution is 5.06. The molecule has 0 saturated carbocycles. The molecule has 0 N–H and O–H groups in total. The summed E-state index contributed by atoms with van der Waals surface area (Å²) in [6.45, 7) is 18.0. The number of aryl methyl sites for hydroxylation is 3. The van der Waals surface area contributed by atoms with Crippen LogP contribution in [0.3, 0.4) is 0 Å². The molecule has 3 heterocycles. The molecule has 3 rings (SSSR count). The van der Waals surface area contributed by atoms with Crippen molar-refractivity contribution in [3.8, 4) is 0 Å². The third kappa shape index (κ3) is 20.7. The predicted octanol–water partition coefficient (Wildman–Crippen LogP) is 7.10. The molecule has 0 atom stereocenters. The van der Waals surface area contributed by atoms with E-state index < -0.39 is 11.7 Å². The van der Waals surface area contributed by atoms with Crippen LogP contribution in [0, 0.1) is 13.8 Å². The molecular formula is C24H39F3N6. The average Bonchev–Trinajstić information content (AvgIpc) is 2.86. The van der Waals surface area contributed by atoms with Crippen LogP contribution in [0.15, 0.2) is 49.8 Å². The maximum absolute atomic E-state index is 11.7. The van der Waals surface area contributed by atoms with Gasteiger partial charge in [-0.1, -0.05) is 54.9 Å². The normalized spacial score (nSPS) is 8.85. The van der Waals surface area contributed by atoms with Crippen molar-refractivity contribution in [2.45, 2.75) is 81.3 Å². The summed E-state index contributed by atoms with van der Waals surface area (Å²) in [4.78, 5) is 22.2. The summed E-state index contributed by atoms with van der Waals surface area (Å²) in [6, 6.07) is 0. The van der Waals surface area contributed by atoms with E-state index in [0.29, 0.717) is 0 Å². The Labute approximate surface area is 197 Å². The molecule has 3 aromatic heterocycles. The van der Waals surface area contributed by atoms with Gasteiger partial charge >= 0.3 is 6.18 Å². The molecule has 0 aliphatic heterocycles. The van der Waals surface area contributed by atoms with Gasteiger partial charge in [-0.05, 0) is 31.4 Å². The van der Waals surface area contributed by atoms with Gasteiger partial charge in [-0.3, -0.25) is 0 Å². The van der Waals surface area contributed by atoms with E-state index in [1.807, 2.05) is 67.8 Å². The van der Waals surface area contributed by atoms with E-state index in [1.54, 1.807) is 12.4 Å². The van der Waals surface area contributed by atoms with E-state index in [9.17, 15) is 13.2 Å². The monoisotopic (exact) mass is 468 g/mol. The summed E-state index contributed by atoms with van der Waals surface area (Å²) >= 11 is 0. The summed E-state index contributed by atoms with van der Waals surface area (Å²) in [5.74, 6) is 0.847. The molecule has 0 aliphatic carbocycles. The van der Waals surface area contributed by atoms with Gasteiger partial charge in [0.15, 0.2) is 0 Å². The molecule has 0 saturated heterocycles. The Kier molecular flexibility index (Phi) is 24.9. The van der Waals surface area contributed by atoms with E-state index in [4.69, 9.17) is 0 Å². The second-order valence-corrected chi connectivity index (χ2v) is 5.43. The number of rotatable bonds is 2. The molecule has 0 bridgehead atoms. The number of hydrogen-bond acceptors (Lipinski definition) is 6. The van der Waals surface area contributed by atoms with Gasteiger partial charge in [0.25, 0.3) is 0 Å². The van der Waals surface area contributed by atoms with Crippen molar-refractivity contribution in [3.05, 3.63) is 72.4 Å². The molecule has 0 aromatic carbocycles. The van der Waals surface area contributed by atoms with Gasteiger partial charge in [-0.25, -0.2) is 29.9 Å². The van der Waals surface area contributed by atoms with Crippen molar-refractivity contribution >= 4 is 0 Å². The Morgan fingerprint density at radius 3 is 1.33 bits per heavy atom. The zero-order chi connectivity index (χ0) is 26.1. The minimum atomic E-state index is -4.33. The van der Waals surface area contributed by atoms with Gasteiger partial charge in [-0.2, -0.15) is 13.2 Å². The van der Waals surface area contributed by atoms with Gasteiger partial charge in [0.1, 0.15) is 18.5 Å². The molecule has 0 aliphatic rings. The fourth-order valence-electron chi connectivity index (χ4n) is 1.66. The van der Waals surface area contributed by atoms with Crippen molar-refractivity contribution in [1.29, 1.82) is 0 Å².